The molecule has 66 valence electrons. The Hall–Kier alpha value is -0.0800. The van der Waals surface area contributed by atoms with E-state index in [0.29, 0.717) is 0 Å². The standard InChI is InChI=1S/C9H19NO/c1-8(11)7-9-3-5-10(2)6-4-9/h8-9,11H,3-7H2,1-2H3/t8-/m1/s1. The lowest BCUT2D eigenvalue weighted by Crippen LogP contribution is -2.31. The fourth-order valence-electron chi connectivity index (χ4n) is 1.78. The second kappa shape index (κ2) is 4.07. The van der Waals surface area contributed by atoms with Gasteiger partial charge in [0.2, 0.25) is 0 Å². The van der Waals surface area contributed by atoms with E-state index < -0.39 is 0 Å². The maximum Gasteiger partial charge on any atom is 0.0514 e. The van der Waals surface area contributed by atoms with Crippen LogP contribution in [0.4, 0.5) is 0 Å². The summed E-state index contributed by atoms with van der Waals surface area (Å²) >= 11 is 0. The molecular weight excluding hydrogens is 138 g/mol. The van der Waals surface area contributed by atoms with Crippen LogP contribution in [0.1, 0.15) is 26.2 Å². The third-order valence-electron chi connectivity index (χ3n) is 2.51. The van der Waals surface area contributed by atoms with E-state index >= 15 is 0 Å². The lowest BCUT2D eigenvalue weighted by atomic mass is 9.92. The molecule has 0 aromatic rings. The Morgan fingerprint density at radius 2 is 2.00 bits per heavy atom. The number of nitrogens with zero attached hydrogens (tertiary/aromatic N) is 1. The van der Waals surface area contributed by atoms with Crippen molar-refractivity contribution < 1.29 is 5.11 Å². The number of hydrogen-bond donors (Lipinski definition) is 1. The van der Waals surface area contributed by atoms with Crippen LogP contribution < -0.4 is 0 Å². The Balaban J connectivity index is 2.17. The van der Waals surface area contributed by atoms with Gasteiger partial charge in [-0.1, -0.05) is 0 Å². The van der Waals surface area contributed by atoms with E-state index in [1.165, 1.54) is 25.9 Å². The largest absolute Gasteiger partial charge is 0.393 e. The molecule has 0 bridgehead atoms. The van der Waals surface area contributed by atoms with Crippen LogP contribution in [0, 0.1) is 5.92 Å². The molecule has 1 aliphatic rings. The number of likely N-dealkylation sites (tertiary alicyclic amines) is 1. The molecule has 1 rings (SSSR count). The van der Waals surface area contributed by atoms with E-state index in [1.807, 2.05) is 6.92 Å². The molecule has 0 spiro atoms. The highest BCUT2D eigenvalue weighted by Crippen LogP contribution is 2.20. The van der Waals surface area contributed by atoms with Crippen molar-refractivity contribution in [2.75, 3.05) is 20.1 Å². The van der Waals surface area contributed by atoms with Crippen LogP contribution in [0.3, 0.4) is 0 Å². The van der Waals surface area contributed by atoms with Gasteiger partial charge in [-0.25, -0.2) is 0 Å². The van der Waals surface area contributed by atoms with Gasteiger partial charge in [-0.2, -0.15) is 0 Å². The van der Waals surface area contributed by atoms with Gasteiger partial charge in [0.15, 0.2) is 0 Å². The highest BCUT2D eigenvalue weighted by molar-refractivity contribution is 4.71. The van der Waals surface area contributed by atoms with Gasteiger partial charge in [0, 0.05) is 0 Å². The summed E-state index contributed by atoms with van der Waals surface area (Å²) < 4.78 is 0. The molecule has 1 heterocycles. The Kier molecular flexibility index (Phi) is 3.34. The molecule has 0 saturated carbocycles. The first kappa shape index (κ1) is 9.01. The van der Waals surface area contributed by atoms with Crippen molar-refractivity contribution in [2.45, 2.75) is 32.3 Å². The van der Waals surface area contributed by atoms with Gasteiger partial charge in [-0.05, 0) is 52.2 Å². The summed E-state index contributed by atoms with van der Waals surface area (Å²) in [5.74, 6) is 0.770. The number of piperidine rings is 1. The van der Waals surface area contributed by atoms with E-state index in [2.05, 4.69) is 11.9 Å². The molecule has 0 aromatic heterocycles. The summed E-state index contributed by atoms with van der Waals surface area (Å²) in [7, 11) is 2.17. The minimum Gasteiger partial charge on any atom is -0.393 e. The van der Waals surface area contributed by atoms with E-state index in [0.717, 1.165) is 12.3 Å². The van der Waals surface area contributed by atoms with Crippen molar-refractivity contribution in [3.8, 4) is 0 Å². The molecular formula is C9H19NO. The van der Waals surface area contributed by atoms with Crippen LogP contribution in [-0.2, 0) is 0 Å². The molecule has 1 N–H and O–H groups in total. The average Bonchev–Trinajstić information content (AvgIpc) is 1.93. The average molecular weight is 157 g/mol. The summed E-state index contributed by atoms with van der Waals surface area (Å²) in [4.78, 5) is 2.36. The number of aliphatic hydroxyl groups is 1. The van der Waals surface area contributed by atoms with Gasteiger partial charge in [0.25, 0.3) is 0 Å². The molecule has 0 aliphatic carbocycles. The zero-order chi connectivity index (χ0) is 8.27. The molecule has 11 heavy (non-hydrogen) atoms. The maximum atomic E-state index is 9.16. The molecule has 0 unspecified atom stereocenters. The van der Waals surface area contributed by atoms with Crippen molar-refractivity contribution in [1.82, 2.24) is 4.90 Å². The molecule has 1 saturated heterocycles. The number of rotatable bonds is 2. The Labute approximate surface area is 69.2 Å². The highest BCUT2D eigenvalue weighted by atomic mass is 16.3. The fraction of sp³-hybridized carbons (Fsp3) is 1.00. The topological polar surface area (TPSA) is 23.5 Å². The molecule has 1 aliphatic heterocycles. The zero-order valence-corrected chi connectivity index (χ0v) is 7.58. The molecule has 2 heteroatoms. The van der Waals surface area contributed by atoms with Crippen molar-refractivity contribution >= 4 is 0 Å². The van der Waals surface area contributed by atoms with Gasteiger partial charge in [0.1, 0.15) is 0 Å². The highest BCUT2D eigenvalue weighted by Gasteiger charge is 2.17. The zero-order valence-electron chi connectivity index (χ0n) is 7.58. The molecule has 0 aromatic carbocycles. The Morgan fingerprint density at radius 3 is 2.45 bits per heavy atom. The van der Waals surface area contributed by atoms with Gasteiger partial charge >= 0.3 is 0 Å². The van der Waals surface area contributed by atoms with E-state index in [-0.39, 0.29) is 6.10 Å². The second-order valence-corrected chi connectivity index (χ2v) is 3.83. The lowest BCUT2D eigenvalue weighted by molar-refractivity contribution is 0.128. The van der Waals surface area contributed by atoms with E-state index in [1.54, 1.807) is 0 Å². The predicted molar refractivity (Wildman–Crippen MR) is 46.5 cm³/mol. The van der Waals surface area contributed by atoms with Gasteiger partial charge in [0.05, 0.1) is 6.10 Å². The Bertz CT molecular complexity index is 106. The van der Waals surface area contributed by atoms with Gasteiger partial charge in [-0.15, -0.1) is 0 Å². The monoisotopic (exact) mass is 157 g/mol. The van der Waals surface area contributed by atoms with Crippen LogP contribution >= 0.6 is 0 Å². The third-order valence-corrected chi connectivity index (χ3v) is 2.51. The van der Waals surface area contributed by atoms with E-state index in [9.17, 15) is 0 Å². The minimum absolute atomic E-state index is 0.108. The van der Waals surface area contributed by atoms with Crippen molar-refractivity contribution in [3.05, 3.63) is 0 Å². The minimum atomic E-state index is -0.108. The summed E-state index contributed by atoms with van der Waals surface area (Å²) in [5, 5.41) is 9.16. The summed E-state index contributed by atoms with van der Waals surface area (Å²) in [5.41, 5.74) is 0. The smallest absolute Gasteiger partial charge is 0.0514 e. The molecule has 2 nitrogen and oxygen atoms in total. The van der Waals surface area contributed by atoms with Crippen molar-refractivity contribution in [3.63, 3.8) is 0 Å². The van der Waals surface area contributed by atoms with Crippen molar-refractivity contribution in [2.24, 2.45) is 5.92 Å². The first-order valence-electron chi connectivity index (χ1n) is 4.55. The van der Waals surface area contributed by atoms with Gasteiger partial charge < -0.3 is 10.0 Å². The van der Waals surface area contributed by atoms with Crippen LogP contribution in [-0.4, -0.2) is 36.2 Å². The van der Waals surface area contributed by atoms with Crippen LogP contribution in [0.2, 0.25) is 0 Å². The lowest BCUT2D eigenvalue weighted by Gasteiger charge is -2.29. The summed E-state index contributed by atoms with van der Waals surface area (Å²) in [6.45, 7) is 4.30. The fourth-order valence-corrected chi connectivity index (χ4v) is 1.78. The first-order chi connectivity index (χ1) is 5.18. The molecule has 0 amide bonds. The summed E-state index contributed by atoms with van der Waals surface area (Å²) in [6, 6.07) is 0. The van der Waals surface area contributed by atoms with Crippen LogP contribution in [0.25, 0.3) is 0 Å². The van der Waals surface area contributed by atoms with Gasteiger partial charge in [-0.3, -0.25) is 0 Å². The molecule has 1 fully saturated rings. The Morgan fingerprint density at radius 1 is 1.45 bits per heavy atom. The number of aliphatic hydroxyl groups excluding tert-OH is 1. The normalized spacial score (nSPS) is 25.4. The van der Waals surface area contributed by atoms with Crippen molar-refractivity contribution in [1.29, 1.82) is 0 Å². The van der Waals surface area contributed by atoms with Crippen LogP contribution in [0.15, 0.2) is 0 Å². The molecule has 1 atom stereocenters. The maximum absolute atomic E-state index is 9.16. The summed E-state index contributed by atoms with van der Waals surface area (Å²) in [6.07, 6.45) is 3.42. The second-order valence-electron chi connectivity index (χ2n) is 3.83. The predicted octanol–water partition coefficient (Wildman–Crippen LogP) is 1.10. The first-order valence-corrected chi connectivity index (χ1v) is 4.55. The SMILES string of the molecule is C[C@@H](O)CC1CCN(C)CC1. The third kappa shape index (κ3) is 3.21. The van der Waals surface area contributed by atoms with E-state index in [4.69, 9.17) is 5.11 Å². The van der Waals surface area contributed by atoms with Crippen LogP contribution in [0.5, 0.6) is 0 Å². The molecule has 0 radical (unpaired) electrons. The number of hydrogen-bond acceptors (Lipinski definition) is 2. The quantitative estimate of drug-likeness (QED) is 0.649.